The van der Waals surface area contributed by atoms with E-state index < -0.39 is 22.2 Å². The summed E-state index contributed by atoms with van der Waals surface area (Å²) in [6.07, 6.45) is 1.34. The second-order valence-electron chi connectivity index (χ2n) is 10.7. The number of sulfonamides is 1. The van der Waals surface area contributed by atoms with Crippen LogP contribution in [0.3, 0.4) is 0 Å². The number of aliphatic hydroxyl groups excluding tert-OH is 1. The van der Waals surface area contributed by atoms with Gasteiger partial charge in [-0.3, -0.25) is 9.59 Å². The highest BCUT2D eigenvalue weighted by Gasteiger charge is 2.39. The largest absolute Gasteiger partial charge is 0.487 e. The summed E-state index contributed by atoms with van der Waals surface area (Å²) >= 11 is 0. The molecule has 1 aliphatic carbocycles. The molecule has 1 heterocycles. The molecule has 9 nitrogen and oxygen atoms in total. The molecule has 4 rings (SSSR count). The number of hydrogen-bond donors (Lipinski definition) is 1. The SMILES string of the molecule is C[C@H]1CN([C@@H](C)CO)S(=O)(=O)c2ccc(-c3ccc(C(=O)N(C)C)cc3)cc2O[C@@H]1CN(C)C(=O)C1CC1. The summed E-state index contributed by atoms with van der Waals surface area (Å²) in [4.78, 5) is 28.1. The lowest BCUT2D eigenvalue weighted by atomic mass is 10.0. The molecule has 2 aromatic rings. The second-order valence-corrected chi connectivity index (χ2v) is 12.5. The number of hydrogen-bond acceptors (Lipinski definition) is 6. The van der Waals surface area contributed by atoms with Crippen molar-refractivity contribution in [3.8, 4) is 16.9 Å². The van der Waals surface area contributed by atoms with Gasteiger partial charge in [0.1, 0.15) is 16.7 Å². The third-order valence-corrected chi connectivity index (χ3v) is 9.31. The fourth-order valence-corrected chi connectivity index (χ4v) is 6.51. The van der Waals surface area contributed by atoms with Gasteiger partial charge in [-0.25, -0.2) is 8.42 Å². The van der Waals surface area contributed by atoms with Crippen LogP contribution in [-0.2, 0) is 14.8 Å². The molecular formula is C28H37N3O6S. The summed E-state index contributed by atoms with van der Waals surface area (Å²) in [5.74, 6) is -0.00556. The van der Waals surface area contributed by atoms with Crippen LogP contribution >= 0.6 is 0 Å². The minimum absolute atomic E-state index is 0.0222. The topological polar surface area (TPSA) is 107 Å². The molecule has 2 aliphatic rings. The van der Waals surface area contributed by atoms with Crippen LogP contribution in [0, 0.1) is 11.8 Å². The Morgan fingerprint density at radius 2 is 1.71 bits per heavy atom. The second kappa shape index (κ2) is 11.0. The summed E-state index contributed by atoms with van der Waals surface area (Å²) in [6.45, 7) is 3.74. The van der Waals surface area contributed by atoms with Crippen LogP contribution in [-0.4, -0.2) is 92.4 Å². The van der Waals surface area contributed by atoms with E-state index in [-0.39, 0.29) is 47.4 Å². The Morgan fingerprint density at radius 1 is 1.08 bits per heavy atom. The van der Waals surface area contributed by atoms with Crippen LogP contribution in [0.25, 0.3) is 11.1 Å². The zero-order chi connectivity index (χ0) is 27.8. The standard InChI is InChI=1S/C28H37N3O6S/c1-18-15-31(19(2)17-32)38(35,36)26-13-12-23(20-6-8-21(9-7-20)27(33)29(3)4)14-24(26)37-25(18)16-30(5)28(34)22-10-11-22/h6-9,12-14,18-19,22,25,32H,10-11,15-17H2,1-5H3/t18-,19-,25+/m0/s1. The highest BCUT2D eigenvalue weighted by atomic mass is 32.2. The molecule has 1 fully saturated rings. The Labute approximate surface area is 225 Å². The molecule has 1 saturated carbocycles. The average Bonchev–Trinajstić information content (AvgIpc) is 3.74. The number of carbonyl (C=O) groups is 2. The molecule has 0 unspecified atom stereocenters. The van der Waals surface area contributed by atoms with Crippen molar-refractivity contribution in [2.24, 2.45) is 11.8 Å². The van der Waals surface area contributed by atoms with Crippen molar-refractivity contribution in [3.63, 3.8) is 0 Å². The molecule has 0 bridgehead atoms. The van der Waals surface area contributed by atoms with Gasteiger partial charge >= 0.3 is 0 Å². The van der Waals surface area contributed by atoms with Crippen molar-refractivity contribution in [2.75, 3.05) is 40.8 Å². The van der Waals surface area contributed by atoms with E-state index in [1.54, 1.807) is 57.2 Å². The molecule has 0 spiro atoms. The third kappa shape index (κ3) is 5.72. The maximum Gasteiger partial charge on any atom is 0.253 e. The van der Waals surface area contributed by atoms with Crippen LogP contribution in [0.5, 0.6) is 5.75 Å². The molecular weight excluding hydrogens is 506 g/mol. The molecule has 0 aromatic heterocycles. The van der Waals surface area contributed by atoms with E-state index >= 15 is 0 Å². The number of carbonyl (C=O) groups excluding carboxylic acids is 2. The van der Waals surface area contributed by atoms with Gasteiger partial charge in [0.15, 0.2) is 0 Å². The first-order chi connectivity index (χ1) is 17.9. The molecule has 0 saturated heterocycles. The van der Waals surface area contributed by atoms with Gasteiger partial charge in [-0.1, -0.05) is 25.1 Å². The molecule has 1 N–H and O–H groups in total. The van der Waals surface area contributed by atoms with Crippen LogP contribution in [0.2, 0.25) is 0 Å². The van der Waals surface area contributed by atoms with Crippen molar-refractivity contribution < 1.29 is 27.9 Å². The predicted molar refractivity (Wildman–Crippen MR) is 144 cm³/mol. The first-order valence-electron chi connectivity index (χ1n) is 12.9. The van der Waals surface area contributed by atoms with Gasteiger partial charge in [0.05, 0.1) is 13.2 Å². The van der Waals surface area contributed by atoms with E-state index in [1.807, 2.05) is 19.1 Å². The maximum atomic E-state index is 13.7. The van der Waals surface area contributed by atoms with Crippen molar-refractivity contribution in [1.82, 2.24) is 14.1 Å². The summed E-state index contributed by atoms with van der Waals surface area (Å²) in [6, 6.07) is 11.4. The highest BCUT2D eigenvalue weighted by molar-refractivity contribution is 7.89. The van der Waals surface area contributed by atoms with Gasteiger partial charge in [0.25, 0.3) is 5.91 Å². The smallest absolute Gasteiger partial charge is 0.253 e. The van der Waals surface area contributed by atoms with Crippen molar-refractivity contribution >= 4 is 21.8 Å². The Morgan fingerprint density at radius 3 is 2.29 bits per heavy atom. The number of likely N-dealkylation sites (N-methyl/N-ethyl adjacent to an activating group) is 1. The van der Waals surface area contributed by atoms with E-state index in [1.165, 1.54) is 15.3 Å². The van der Waals surface area contributed by atoms with Crippen LogP contribution in [0.15, 0.2) is 47.4 Å². The average molecular weight is 544 g/mol. The molecule has 2 aromatic carbocycles. The fraction of sp³-hybridized carbons (Fsp3) is 0.500. The van der Waals surface area contributed by atoms with Gasteiger partial charge in [0.2, 0.25) is 15.9 Å². The molecule has 3 atom stereocenters. The van der Waals surface area contributed by atoms with E-state index in [4.69, 9.17) is 4.74 Å². The number of amides is 2. The molecule has 1 aliphatic heterocycles. The zero-order valence-corrected chi connectivity index (χ0v) is 23.4. The lowest BCUT2D eigenvalue weighted by Gasteiger charge is -2.37. The van der Waals surface area contributed by atoms with Gasteiger partial charge in [-0.05, 0) is 55.2 Å². The first kappa shape index (κ1) is 28.1. The molecule has 38 heavy (non-hydrogen) atoms. The maximum absolute atomic E-state index is 13.7. The van der Waals surface area contributed by atoms with Crippen molar-refractivity contribution in [3.05, 3.63) is 48.0 Å². The molecule has 2 amide bonds. The van der Waals surface area contributed by atoms with Gasteiger partial charge < -0.3 is 19.6 Å². The molecule has 10 heteroatoms. The van der Waals surface area contributed by atoms with E-state index in [0.29, 0.717) is 12.1 Å². The van der Waals surface area contributed by atoms with Crippen LogP contribution in [0.4, 0.5) is 0 Å². The first-order valence-corrected chi connectivity index (χ1v) is 14.4. The van der Waals surface area contributed by atoms with Crippen LogP contribution in [0.1, 0.15) is 37.0 Å². The minimum atomic E-state index is -3.97. The highest BCUT2D eigenvalue weighted by Crippen LogP contribution is 2.37. The number of aliphatic hydroxyl groups is 1. The predicted octanol–water partition coefficient (Wildman–Crippen LogP) is 2.69. The number of nitrogens with zero attached hydrogens (tertiary/aromatic N) is 3. The Balaban J connectivity index is 1.73. The van der Waals surface area contributed by atoms with E-state index in [2.05, 4.69) is 0 Å². The molecule has 0 radical (unpaired) electrons. The minimum Gasteiger partial charge on any atom is -0.487 e. The van der Waals surface area contributed by atoms with Gasteiger partial charge in [-0.15, -0.1) is 0 Å². The van der Waals surface area contributed by atoms with Gasteiger partial charge in [-0.2, -0.15) is 4.31 Å². The number of benzene rings is 2. The summed E-state index contributed by atoms with van der Waals surface area (Å²) in [5.41, 5.74) is 2.09. The van der Waals surface area contributed by atoms with Gasteiger partial charge in [0, 0.05) is 51.1 Å². The number of ether oxygens (including phenoxy) is 1. The normalized spacial score (nSPS) is 21.8. The molecule has 206 valence electrons. The summed E-state index contributed by atoms with van der Waals surface area (Å²) in [7, 11) is 1.17. The number of fused-ring (bicyclic) bond motifs is 1. The Kier molecular flexibility index (Phi) is 8.15. The lowest BCUT2D eigenvalue weighted by molar-refractivity contribution is -0.132. The fourth-order valence-electron chi connectivity index (χ4n) is 4.69. The zero-order valence-electron chi connectivity index (χ0n) is 22.6. The lowest BCUT2D eigenvalue weighted by Crippen LogP contribution is -2.50. The summed E-state index contributed by atoms with van der Waals surface area (Å²) in [5, 5.41) is 9.84. The monoisotopic (exact) mass is 543 g/mol. The van der Waals surface area contributed by atoms with E-state index in [9.17, 15) is 23.1 Å². The Hall–Kier alpha value is -2.95. The summed E-state index contributed by atoms with van der Waals surface area (Å²) < 4.78 is 35.2. The quantitative estimate of drug-likeness (QED) is 0.576. The van der Waals surface area contributed by atoms with Crippen molar-refractivity contribution in [1.29, 1.82) is 0 Å². The van der Waals surface area contributed by atoms with E-state index in [0.717, 1.165) is 24.0 Å². The third-order valence-electron chi connectivity index (χ3n) is 7.30. The van der Waals surface area contributed by atoms with Crippen molar-refractivity contribution in [2.45, 2.75) is 43.7 Å². The van der Waals surface area contributed by atoms with Crippen LogP contribution < -0.4 is 4.74 Å². The number of rotatable bonds is 7. The Bertz CT molecular complexity index is 1290.